The second-order valence-corrected chi connectivity index (χ2v) is 6.88. The van der Waals surface area contributed by atoms with E-state index in [9.17, 15) is 9.59 Å². The Morgan fingerprint density at radius 3 is 2.32 bits per heavy atom. The van der Waals surface area contributed by atoms with Gasteiger partial charge in [-0.15, -0.1) is 0 Å². The molecule has 1 saturated heterocycles. The van der Waals surface area contributed by atoms with Crippen molar-refractivity contribution in [3.05, 3.63) is 34.9 Å². The maximum absolute atomic E-state index is 12.6. The first kappa shape index (κ1) is 16.1. The van der Waals surface area contributed by atoms with Gasteiger partial charge in [0, 0.05) is 0 Å². The second kappa shape index (κ2) is 5.88. The molecule has 1 heterocycles. The van der Waals surface area contributed by atoms with E-state index in [0.717, 1.165) is 11.4 Å². The molecule has 7 heteroatoms. The number of rotatable bonds is 4. The van der Waals surface area contributed by atoms with Gasteiger partial charge in [0.05, 0.1) is 37.3 Å². The van der Waals surface area contributed by atoms with Gasteiger partial charge in [-0.25, -0.2) is 0 Å². The number of imide groups is 1. The number of methoxy groups -OCH3 is 2. The molecule has 6 nitrogen and oxygen atoms in total. The van der Waals surface area contributed by atoms with E-state index >= 15 is 0 Å². The van der Waals surface area contributed by atoms with E-state index in [1.807, 2.05) is 0 Å². The van der Waals surface area contributed by atoms with Crippen molar-refractivity contribution in [3.63, 3.8) is 0 Å². The number of hydrogen-bond donors (Lipinski definition) is 0. The summed E-state index contributed by atoms with van der Waals surface area (Å²) in [7, 11) is 3.01. The van der Waals surface area contributed by atoms with Crippen LogP contribution in [0.5, 0.6) is 11.5 Å². The molecule has 130 valence electrons. The Morgan fingerprint density at radius 1 is 1.12 bits per heavy atom. The van der Waals surface area contributed by atoms with Crippen LogP contribution in [0.4, 0.5) is 0 Å². The van der Waals surface area contributed by atoms with Crippen LogP contribution in [0, 0.1) is 23.7 Å². The van der Waals surface area contributed by atoms with E-state index < -0.39 is 0 Å². The standard InChI is InChI=1S/C18H17ClN2O4/c1-24-13-6-9(5-12(19)16(13)25-2)8-20-21-17(22)14-10-3-4-11(7-10)15(14)18(21)23/h3-6,8,10-11,14-15H,7H2,1-2H3/t10-,11-,14-,15+/m0/s1. The number of ether oxygens (including phenoxy) is 2. The molecule has 0 radical (unpaired) electrons. The first-order valence-electron chi connectivity index (χ1n) is 8.06. The molecule has 4 atom stereocenters. The molecule has 2 bridgehead atoms. The molecule has 3 aliphatic rings. The van der Waals surface area contributed by atoms with Gasteiger partial charge >= 0.3 is 0 Å². The number of halogens is 1. The highest BCUT2D eigenvalue weighted by Gasteiger charge is 2.59. The van der Waals surface area contributed by atoms with Gasteiger partial charge in [0.15, 0.2) is 11.5 Å². The summed E-state index contributed by atoms with van der Waals surface area (Å²) < 4.78 is 10.4. The summed E-state index contributed by atoms with van der Waals surface area (Å²) in [6.45, 7) is 0. The number of hydrogen-bond acceptors (Lipinski definition) is 5. The molecule has 2 aliphatic carbocycles. The molecule has 1 saturated carbocycles. The fourth-order valence-electron chi connectivity index (χ4n) is 4.14. The molecule has 0 N–H and O–H groups in total. The van der Waals surface area contributed by atoms with Crippen LogP contribution < -0.4 is 9.47 Å². The molecule has 1 aromatic rings. The predicted molar refractivity (Wildman–Crippen MR) is 91.7 cm³/mol. The molecule has 2 amide bonds. The average molecular weight is 361 g/mol. The van der Waals surface area contributed by atoms with Gasteiger partial charge in [-0.05, 0) is 36.0 Å². The van der Waals surface area contributed by atoms with Gasteiger partial charge in [-0.1, -0.05) is 23.8 Å². The fourth-order valence-corrected chi connectivity index (χ4v) is 4.43. The zero-order chi connectivity index (χ0) is 17.7. The van der Waals surface area contributed by atoms with E-state index in [1.54, 1.807) is 12.1 Å². The molecule has 2 fully saturated rings. The number of carbonyl (C=O) groups is 2. The van der Waals surface area contributed by atoms with Crippen LogP contribution in [0.15, 0.2) is 29.4 Å². The van der Waals surface area contributed by atoms with Crippen LogP contribution in [0.2, 0.25) is 5.02 Å². The molecule has 0 aromatic heterocycles. The lowest BCUT2D eigenvalue weighted by Crippen LogP contribution is -2.28. The van der Waals surface area contributed by atoms with E-state index in [1.165, 1.54) is 20.4 Å². The van der Waals surface area contributed by atoms with Gasteiger partial charge in [-0.2, -0.15) is 10.1 Å². The maximum atomic E-state index is 12.6. The topological polar surface area (TPSA) is 68.2 Å². The van der Waals surface area contributed by atoms with Crippen LogP contribution in [0.25, 0.3) is 0 Å². The third-order valence-corrected chi connectivity index (χ3v) is 5.51. The quantitative estimate of drug-likeness (QED) is 0.470. The van der Waals surface area contributed by atoms with Gasteiger partial charge in [0.2, 0.25) is 0 Å². The lowest BCUT2D eigenvalue weighted by Gasteiger charge is -2.13. The van der Waals surface area contributed by atoms with Gasteiger partial charge in [0.25, 0.3) is 11.8 Å². The van der Waals surface area contributed by atoms with Gasteiger partial charge in [0.1, 0.15) is 0 Å². The normalized spacial score (nSPS) is 29.8. The number of carbonyl (C=O) groups excluding carboxylic acids is 2. The molecule has 25 heavy (non-hydrogen) atoms. The number of allylic oxidation sites excluding steroid dienone is 2. The Bertz CT molecular complexity index is 790. The smallest absolute Gasteiger partial charge is 0.254 e. The second-order valence-electron chi connectivity index (χ2n) is 6.47. The summed E-state index contributed by atoms with van der Waals surface area (Å²) in [5.74, 6) is 0.275. The third kappa shape index (κ3) is 2.35. The van der Waals surface area contributed by atoms with E-state index in [2.05, 4.69) is 17.3 Å². The molecule has 0 unspecified atom stereocenters. The van der Waals surface area contributed by atoms with Crippen molar-refractivity contribution in [1.82, 2.24) is 5.01 Å². The highest BCUT2D eigenvalue weighted by atomic mass is 35.5. The molecule has 0 spiro atoms. The summed E-state index contributed by atoms with van der Waals surface area (Å²) in [6, 6.07) is 3.33. The first-order chi connectivity index (χ1) is 12.0. The number of fused-ring (bicyclic) bond motifs is 5. The number of benzene rings is 1. The monoisotopic (exact) mass is 360 g/mol. The molecular weight excluding hydrogens is 344 g/mol. The summed E-state index contributed by atoms with van der Waals surface area (Å²) in [4.78, 5) is 25.2. The minimum Gasteiger partial charge on any atom is -0.493 e. The summed E-state index contributed by atoms with van der Waals surface area (Å²) in [5.41, 5.74) is 0.612. The minimum atomic E-state index is -0.256. The highest BCUT2D eigenvalue weighted by molar-refractivity contribution is 6.32. The van der Waals surface area contributed by atoms with Crippen molar-refractivity contribution >= 4 is 29.6 Å². The molecule has 1 aliphatic heterocycles. The number of amides is 2. The Balaban J connectivity index is 1.60. The van der Waals surface area contributed by atoms with Crippen molar-refractivity contribution in [2.24, 2.45) is 28.8 Å². The predicted octanol–water partition coefficient (Wildman–Crippen LogP) is 2.50. The molecule has 1 aromatic carbocycles. The zero-order valence-corrected chi connectivity index (χ0v) is 14.6. The number of nitrogens with zero attached hydrogens (tertiary/aromatic N) is 2. The summed E-state index contributed by atoms with van der Waals surface area (Å²) >= 11 is 6.17. The largest absolute Gasteiger partial charge is 0.493 e. The summed E-state index contributed by atoms with van der Waals surface area (Å²) in [6.07, 6.45) is 6.45. The van der Waals surface area contributed by atoms with Crippen LogP contribution in [0.3, 0.4) is 0 Å². The van der Waals surface area contributed by atoms with Gasteiger partial charge in [-0.3, -0.25) is 9.59 Å². The van der Waals surface area contributed by atoms with Crippen molar-refractivity contribution in [3.8, 4) is 11.5 Å². The Kier molecular flexibility index (Phi) is 3.80. The summed E-state index contributed by atoms with van der Waals surface area (Å²) in [5, 5.41) is 5.50. The maximum Gasteiger partial charge on any atom is 0.254 e. The third-order valence-electron chi connectivity index (χ3n) is 5.23. The van der Waals surface area contributed by atoms with Crippen LogP contribution in [-0.4, -0.2) is 37.3 Å². The Hall–Kier alpha value is -2.34. The van der Waals surface area contributed by atoms with E-state index in [-0.39, 0.29) is 35.5 Å². The van der Waals surface area contributed by atoms with Crippen molar-refractivity contribution < 1.29 is 19.1 Å². The fraction of sp³-hybridized carbons (Fsp3) is 0.389. The van der Waals surface area contributed by atoms with Gasteiger partial charge < -0.3 is 9.47 Å². The van der Waals surface area contributed by atoms with Crippen molar-refractivity contribution in [2.75, 3.05) is 14.2 Å². The van der Waals surface area contributed by atoms with E-state index in [0.29, 0.717) is 22.1 Å². The lowest BCUT2D eigenvalue weighted by atomic mass is 9.85. The SMILES string of the molecule is COc1cc(C=NN2C(=O)[C@@H]3[C@H](C2=O)[C@H]2C=C[C@H]3C2)cc(Cl)c1OC. The minimum absolute atomic E-state index is 0.169. The van der Waals surface area contributed by atoms with Crippen LogP contribution in [0.1, 0.15) is 12.0 Å². The first-order valence-corrected chi connectivity index (χ1v) is 8.44. The molecular formula is C18H17ClN2O4. The van der Waals surface area contributed by atoms with Crippen LogP contribution >= 0.6 is 11.6 Å². The van der Waals surface area contributed by atoms with E-state index in [4.69, 9.17) is 21.1 Å². The Labute approximate surface area is 150 Å². The Morgan fingerprint density at radius 2 is 1.76 bits per heavy atom. The molecule has 4 rings (SSSR count). The van der Waals surface area contributed by atoms with Crippen molar-refractivity contribution in [2.45, 2.75) is 6.42 Å². The van der Waals surface area contributed by atoms with Crippen LogP contribution in [-0.2, 0) is 9.59 Å². The highest BCUT2D eigenvalue weighted by Crippen LogP contribution is 2.52. The van der Waals surface area contributed by atoms with Crippen molar-refractivity contribution in [1.29, 1.82) is 0 Å². The lowest BCUT2D eigenvalue weighted by molar-refractivity contribution is -0.140. The number of hydrazone groups is 1. The zero-order valence-electron chi connectivity index (χ0n) is 13.8. The average Bonchev–Trinajstić information content (AvgIpc) is 3.27.